The van der Waals surface area contributed by atoms with Crippen molar-refractivity contribution in [3.8, 4) is 5.75 Å². The number of anilines is 1. The Balaban J connectivity index is 3.23. The van der Waals surface area contributed by atoms with Crippen molar-refractivity contribution in [2.45, 2.75) is 31.7 Å². The van der Waals surface area contributed by atoms with Gasteiger partial charge in [-0.3, -0.25) is 4.72 Å². The lowest BCUT2D eigenvalue weighted by molar-refractivity contribution is -0.137. The van der Waals surface area contributed by atoms with E-state index in [4.69, 9.17) is 0 Å². The third-order valence-corrected chi connectivity index (χ3v) is 4.48. The summed E-state index contributed by atoms with van der Waals surface area (Å²) < 4.78 is 61.9. The Bertz CT molecular complexity index is 574. The fraction of sp³-hybridized carbons (Fsp3) is 0.455. The van der Waals surface area contributed by atoms with Crippen LogP contribution in [0.3, 0.4) is 0 Å². The molecule has 0 unspecified atom stereocenters. The molecule has 0 heterocycles. The van der Waals surface area contributed by atoms with Crippen LogP contribution in [-0.2, 0) is 16.2 Å². The average Bonchev–Trinajstić information content (AvgIpc) is 2.17. The van der Waals surface area contributed by atoms with Gasteiger partial charge >= 0.3 is 6.18 Å². The average molecular weight is 297 g/mol. The van der Waals surface area contributed by atoms with Crippen LogP contribution in [0.1, 0.15) is 26.3 Å². The number of phenols is 1. The maximum absolute atomic E-state index is 12.5. The lowest BCUT2D eigenvalue weighted by Crippen LogP contribution is -2.33. The normalized spacial score (nSPS) is 13.4. The first-order chi connectivity index (χ1) is 8.34. The fourth-order valence-electron chi connectivity index (χ4n) is 1.09. The summed E-state index contributed by atoms with van der Waals surface area (Å²) in [5.74, 6) is -0.569. The monoisotopic (exact) mass is 297 g/mol. The highest BCUT2D eigenvalue weighted by molar-refractivity contribution is 7.94. The molecule has 19 heavy (non-hydrogen) atoms. The van der Waals surface area contributed by atoms with Crippen molar-refractivity contribution in [2.24, 2.45) is 0 Å². The first kappa shape index (κ1) is 15.6. The minimum absolute atomic E-state index is 0.496. The van der Waals surface area contributed by atoms with Crippen LogP contribution in [0.4, 0.5) is 18.9 Å². The van der Waals surface area contributed by atoms with Gasteiger partial charge in [0.15, 0.2) is 0 Å². The van der Waals surface area contributed by atoms with Crippen LogP contribution in [0.25, 0.3) is 0 Å². The third-order valence-electron chi connectivity index (χ3n) is 2.37. The first-order valence-corrected chi connectivity index (χ1v) is 6.75. The lowest BCUT2D eigenvalue weighted by atomic mass is 10.2. The Morgan fingerprint density at radius 2 is 1.68 bits per heavy atom. The maximum Gasteiger partial charge on any atom is 0.416 e. The van der Waals surface area contributed by atoms with E-state index in [2.05, 4.69) is 0 Å². The number of hydrogen-bond acceptors (Lipinski definition) is 3. The molecule has 8 heteroatoms. The molecule has 0 aliphatic heterocycles. The smallest absolute Gasteiger partial charge is 0.416 e. The summed E-state index contributed by atoms with van der Waals surface area (Å²) in [6, 6.07) is 2.02. The van der Waals surface area contributed by atoms with Crippen LogP contribution < -0.4 is 4.72 Å². The van der Waals surface area contributed by atoms with E-state index in [1.165, 1.54) is 20.8 Å². The number of halogens is 3. The molecule has 0 fully saturated rings. The van der Waals surface area contributed by atoms with E-state index in [1.54, 1.807) is 0 Å². The summed E-state index contributed by atoms with van der Waals surface area (Å²) in [6.07, 6.45) is -4.62. The third kappa shape index (κ3) is 3.52. The van der Waals surface area contributed by atoms with Crippen molar-refractivity contribution in [1.29, 1.82) is 0 Å². The summed E-state index contributed by atoms with van der Waals surface area (Å²) in [7, 11) is -3.91. The fourth-order valence-corrected chi connectivity index (χ4v) is 1.85. The zero-order chi connectivity index (χ0) is 15.1. The van der Waals surface area contributed by atoms with Crippen LogP contribution in [-0.4, -0.2) is 18.3 Å². The Kier molecular flexibility index (Phi) is 3.77. The first-order valence-electron chi connectivity index (χ1n) is 5.27. The number of sulfonamides is 1. The molecule has 0 saturated heterocycles. The zero-order valence-electron chi connectivity index (χ0n) is 10.5. The van der Waals surface area contributed by atoms with Gasteiger partial charge in [0.2, 0.25) is 10.0 Å². The van der Waals surface area contributed by atoms with Crippen molar-refractivity contribution < 1.29 is 26.7 Å². The van der Waals surface area contributed by atoms with Gasteiger partial charge in [0.05, 0.1) is 16.0 Å². The Morgan fingerprint density at radius 3 is 2.11 bits per heavy atom. The van der Waals surface area contributed by atoms with E-state index in [1.807, 2.05) is 4.72 Å². The van der Waals surface area contributed by atoms with Gasteiger partial charge < -0.3 is 5.11 Å². The van der Waals surface area contributed by atoms with Crippen LogP contribution in [0.15, 0.2) is 18.2 Å². The van der Waals surface area contributed by atoms with E-state index < -0.39 is 37.9 Å². The number of nitrogens with one attached hydrogen (secondary N) is 1. The number of aromatic hydroxyl groups is 1. The van der Waals surface area contributed by atoms with E-state index in [0.29, 0.717) is 12.1 Å². The molecule has 1 aromatic rings. The number of alkyl halides is 3. The van der Waals surface area contributed by atoms with Crippen molar-refractivity contribution >= 4 is 15.7 Å². The predicted molar refractivity (Wildman–Crippen MR) is 65.4 cm³/mol. The molecule has 0 aliphatic rings. The van der Waals surface area contributed by atoms with Gasteiger partial charge in [-0.25, -0.2) is 8.42 Å². The van der Waals surface area contributed by atoms with Gasteiger partial charge in [0, 0.05) is 0 Å². The molecular weight excluding hydrogens is 283 g/mol. The molecule has 0 atom stereocenters. The van der Waals surface area contributed by atoms with E-state index in [9.17, 15) is 26.7 Å². The highest BCUT2D eigenvalue weighted by atomic mass is 32.2. The van der Waals surface area contributed by atoms with Gasteiger partial charge in [-0.05, 0) is 39.0 Å². The van der Waals surface area contributed by atoms with Crippen molar-refractivity contribution in [2.75, 3.05) is 4.72 Å². The number of hydrogen-bond donors (Lipinski definition) is 2. The number of phenolic OH excluding ortho intramolecular Hbond substituents is 1. The van der Waals surface area contributed by atoms with Gasteiger partial charge in [-0.2, -0.15) is 13.2 Å². The maximum atomic E-state index is 12.5. The van der Waals surface area contributed by atoms with E-state index in [0.717, 1.165) is 6.07 Å². The summed E-state index contributed by atoms with van der Waals surface area (Å²) >= 11 is 0. The highest BCUT2D eigenvalue weighted by Crippen LogP contribution is 2.35. The second kappa shape index (κ2) is 4.59. The van der Waals surface area contributed by atoms with Gasteiger partial charge in [-0.1, -0.05) is 0 Å². The molecule has 0 saturated carbocycles. The van der Waals surface area contributed by atoms with Crippen LogP contribution in [0, 0.1) is 0 Å². The van der Waals surface area contributed by atoms with Crippen molar-refractivity contribution in [3.05, 3.63) is 23.8 Å². The minimum atomic E-state index is -4.62. The minimum Gasteiger partial charge on any atom is -0.506 e. The summed E-state index contributed by atoms with van der Waals surface area (Å²) in [5.41, 5.74) is -1.54. The van der Waals surface area contributed by atoms with Crippen molar-refractivity contribution in [3.63, 3.8) is 0 Å². The van der Waals surface area contributed by atoms with Crippen LogP contribution in [0.2, 0.25) is 0 Å². The molecule has 1 rings (SSSR count). The molecule has 2 N–H and O–H groups in total. The van der Waals surface area contributed by atoms with Crippen LogP contribution in [0.5, 0.6) is 5.75 Å². The Labute approximate surface area is 109 Å². The summed E-state index contributed by atoms with van der Waals surface area (Å²) in [5, 5.41) is 9.44. The Hall–Kier alpha value is -1.44. The summed E-state index contributed by atoms with van der Waals surface area (Å²) in [4.78, 5) is 0. The van der Waals surface area contributed by atoms with E-state index >= 15 is 0 Å². The number of rotatable bonds is 2. The van der Waals surface area contributed by atoms with Gasteiger partial charge in [0.25, 0.3) is 0 Å². The lowest BCUT2D eigenvalue weighted by Gasteiger charge is -2.21. The molecule has 0 aromatic heterocycles. The molecule has 0 amide bonds. The summed E-state index contributed by atoms with van der Waals surface area (Å²) in [6.45, 7) is 4.17. The predicted octanol–water partition coefficient (Wildman–Crippen LogP) is 2.95. The van der Waals surface area contributed by atoms with Crippen LogP contribution >= 0.6 is 0 Å². The molecule has 0 radical (unpaired) electrons. The second-order valence-electron chi connectivity index (χ2n) is 4.95. The Morgan fingerprint density at radius 1 is 1.16 bits per heavy atom. The quantitative estimate of drug-likeness (QED) is 0.825. The molecule has 0 aliphatic carbocycles. The zero-order valence-corrected chi connectivity index (χ0v) is 11.4. The molecule has 108 valence electrons. The topological polar surface area (TPSA) is 66.4 Å². The highest BCUT2D eigenvalue weighted by Gasteiger charge is 2.33. The molecule has 0 spiro atoms. The second-order valence-corrected chi connectivity index (χ2v) is 7.38. The number of benzene rings is 1. The molecule has 1 aromatic carbocycles. The molecule has 4 nitrogen and oxygen atoms in total. The largest absolute Gasteiger partial charge is 0.506 e. The van der Waals surface area contributed by atoms with Crippen molar-refractivity contribution in [1.82, 2.24) is 0 Å². The van der Waals surface area contributed by atoms with Gasteiger partial charge in [-0.15, -0.1) is 0 Å². The standard InChI is InChI=1S/C11H14F3NO3S/c1-10(2,3)19(17,18)15-8-6-7(11(12,13)14)4-5-9(8)16/h4-6,15-16H,1-3H3. The molecule has 0 bridgehead atoms. The molecular formula is C11H14F3NO3S. The van der Waals surface area contributed by atoms with E-state index in [-0.39, 0.29) is 0 Å². The SMILES string of the molecule is CC(C)(C)S(=O)(=O)Nc1cc(C(F)(F)F)ccc1O. The van der Waals surface area contributed by atoms with Gasteiger partial charge in [0.1, 0.15) is 5.75 Å².